The first-order chi connectivity index (χ1) is 13.1. The second-order valence-electron chi connectivity index (χ2n) is 5.72. The molecular weight excluding hydrogens is 367 g/mol. The van der Waals surface area contributed by atoms with E-state index in [0.717, 1.165) is 24.2 Å². The Kier molecular flexibility index (Phi) is 6.22. The maximum Gasteiger partial charge on any atom is 0.286 e. The van der Waals surface area contributed by atoms with E-state index in [9.17, 15) is 14.0 Å². The maximum absolute atomic E-state index is 12.9. The highest BCUT2D eigenvalue weighted by Gasteiger charge is 2.17. The van der Waals surface area contributed by atoms with Gasteiger partial charge < -0.3 is 10.6 Å². The number of carbonyl (C=O) groups excluding carboxylic acids is 2. The lowest BCUT2D eigenvalue weighted by Crippen LogP contribution is -2.24. The number of carbonyl (C=O) groups is 2. The van der Waals surface area contributed by atoms with E-state index in [2.05, 4.69) is 20.8 Å². The Morgan fingerprint density at radius 2 is 1.59 bits per heavy atom. The van der Waals surface area contributed by atoms with Crippen molar-refractivity contribution in [2.24, 2.45) is 0 Å². The van der Waals surface area contributed by atoms with Crippen molar-refractivity contribution in [3.8, 4) is 0 Å². The number of rotatable bonds is 7. The highest BCUT2D eigenvalue weighted by molar-refractivity contribution is 7.15. The molecule has 0 aliphatic rings. The Balaban J connectivity index is 1.48. The van der Waals surface area contributed by atoms with E-state index >= 15 is 0 Å². The lowest BCUT2D eigenvalue weighted by molar-refractivity contribution is 0.0951. The number of anilines is 1. The Labute approximate surface area is 159 Å². The first-order valence-corrected chi connectivity index (χ1v) is 9.16. The quantitative estimate of drug-likeness (QED) is 0.612. The second kappa shape index (κ2) is 9.00. The third kappa shape index (κ3) is 5.42. The summed E-state index contributed by atoms with van der Waals surface area (Å²) in [4.78, 5) is 24.2. The summed E-state index contributed by atoms with van der Waals surface area (Å²) in [6, 6.07) is 15.4. The largest absolute Gasteiger partial charge is 0.350 e. The number of benzene rings is 2. The van der Waals surface area contributed by atoms with Crippen LogP contribution in [-0.4, -0.2) is 28.6 Å². The van der Waals surface area contributed by atoms with Gasteiger partial charge in [-0.15, -0.1) is 10.2 Å². The van der Waals surface area contributed by atoms with Crippen molar-refractivity contribution in [2.45, 2.75) is 12.8 Å². The van der Waals surface area contributed by atoms with E-state index in [-0.39, 0.29) is 15.9 Å². The van der Waals surface area contributed by atoms with Crippen molar-refractivity contribution in [3.05, 3.63) is 76.0 Å². The predicted molar refractivity (Wildman–Crippen MR) is 101 cm³/mol. The molecule has 3 rings (SSSR count). The predicted octanol–water partition coefficient (Wildman–Crippen LogP) is 3.29. The Morgan fingerprint density at radius 3 is 2.30 bits per heavy atom. The molecule has 2 aromatic carbocycles. The highest BCUT2D eigenvalue weighted by Crippen LogP contribution is 2.14. The molecule has 0 fully saturated rings. The van der Waals surface area contributed by atoms with Crippen molar-refractivity contribution in [1.29, 1.82) is 0 Å². The van der Waals surface area contributed by atoms with Crippen LogP contribution in [0.15, 0.2) is 54.6 Å². The molecule has 0 spiro atoms. The fourth-order valence-electron chi connectivity index (χ4n) is 2.34. The molecule has 0 radical (unpaired) electrons. The normalized spacial score (nSPS) is 10.4. The fourth-order valence-corrected chi connectivity index (χ4v) is 2.99. The molecule has 0 aliphatic carbocycles. The zero-order valence-corrected chi connectivity index (χ0v) is 15.1. The van der Waals surface area contributed by atoms with Crippen molar-refractivity contribution in [3.63, 3.8) is 0 Å². The number of amides is 2. The van der Waals surface area contributed by atoms with Crippen LogP contribution in [0.5, 0.6) is 0 Å². The van der Waals surface area contributed by atoms with E-state index in [4.69, 9.17) is 0 Å². The Morgan fingerprint density at radius 1 is 0.926 bits per heavy atom. The van der Waals surface area contributed by atoms with Crippen LogP contribution in [0.4, 0.5) is 10.1 Å². The number of aromatic nitrogens is 2. The maximum atomic E-state index is 12.9. The van der Waals surface area contributed by atoms with Gasteiger partial charge in [-0.2, -0.15) is 0 Å². The number of hydrogen-bond donors (Lipinski definition) is 2. The molecule has 1 heterocycles. The number of nitrogens with one attached hydrogen (secondary N) is 2. The van der Waals surface area contributed by atoms with Crippen LogP contribution in [0.25, 0.3) is 0 Å². The Hall–Kier alpha value is -3.13. The molecule has 6 nitrogen and oxygen atoms in total. The van der Waals surface area contributed by atoms with Crippen molar-refractivity contribution in [1.82, 2.24) is 15.5 Å². The van der Waals surface area contributed by atoms with E-state index in [0.29, 0.717) is 12.2 Å². The monoisotopic (exact) mass is 384 g/mol. The van der Waals surface area contributed by atoms with E-state index < -0.39 is 11.7 Å². The number of hydrogen-bond acceptors (Lipinski definition) is 5. The zero-order valence-electron chi connectivity index (χ0n) is 14.3. The van der Waals surface area contributed by atoms with Crippen LogP contribution in [0, 0.1) is 5.82 Å². The van der Waals surface area contributed by atoms with Gasteiger partial charge in [-0.1, -0.05) is 41.7 Å². The first kappa shape index (κ1) is 18.7. The van der Waals surface area contributed by atoms with Crippen molar-refractivity contribution in [2.75, 3.05) is 11.9 Å². The summed E-state index contributed by atoms with van der Waals surface area (Å²) in [6.07, 6.45) is 1.66. The van der Waals surface area contributed by atoms with Gasteiger partial charge in [-0.3, -0.25) is 9.59 Å². The topological polar surface area (TPSA) is 84.0 Å². The van der Waals surface area contributed by atoms with Gasteiger partial charge in [-0.05, 0) is 42.7 Å². The molecule has 3 aromatic rings. The van der Waals surface area contributed by atoms with E-state index in [1.165, 1.54) is 29.8 Å². The van der Waals surface area contributed by atoms with E-state index in [1.54, 1.807) is 0 Å². The summed E-state index contributed by atoms with van der Waals surface area (Å²) in [5, 5.41) is 13.1. The molecule has 27 heavy (non-hydrogen) atoms. The highest BCUT2D eigenvalue weighted by atomic mass is 32.1. The molecule has 0 aliphatic heterocycles. The Bertz CT molecular complexity index is 913. The summed E-state index contributed by atoms with van der Waals surface area (Å²) < 4.78 is 12.9. The molecule has 2 amide bonds. The summed E-state index contributed by atoms with van der Waals surface area (Å²) >= 11 is 0.906. The van der Waals surface area contributed by atoms with Crippen molar-refractivity contribution < 1.29 is 14.0 Å². The number of aryl methyl sites for hydroxylation is 1. The SMILES string of the molecule is O=C(NCCCc1ccccc1)c1nnc(C(=O)Nc2ccc(F)cc2)s1. The lowest BCUT2D eigenvalue weighted by Gasteiger charge is -2.03. The van der Waals surface area contributed by atoms with Gasteiger partial charge in [0.2, 0.25) is 10.0 Å². The standard InChI is InChI=1S/C19H17FN4O2S/c20-14-8-10-15(11-9-14)22-17(26)19-24-23-18(27-19)16(25)21-12-4-7-13-5-2-1-3-6-13/h1-3,5-6,8-11H,4,7,12H2,(H,21,25)(H,22,26). The molecule has 0 saturated carbocycles. The van der Waals surface area contributed by atoms with Gasteiger partial charge >= 0.3 is 0 Å². The summed E-state index contributed by atoms with van der Waals surface area (Å²) in [7, 11) is 0. The fraction of sp³-hybridized carbons (Fsp3) is 0.158. The molecule has 0 unspecified atom stereocenters. The third-order valence-electron chi connectivity index (χ3n) is 3.69. The van der Waals surface area contributed by atoms with Crippen LogP contribution in [0.2, 0.25) is 0 Å². The van der Waals surface area contributed by atoms with Crippen LogP contribution in [-0.2, 0) is 6.42 Å². The second-order valence-corrected chi connectivity index (χ2v) is 6.70. The average Bonchev–Trinajstić information content (AvgIpc) is 3.18. The minimum absolute atomic E-state index is 0.0637. The zero-order chi connectivity index (χ0) is 19.1. The molecule has 2 N–H and O–H groups in total. The summed E-state index contributed by atoms with van der Waals surface area (Å²) in [5.41, 5.74) is 1.64. The van der Waals surface area contributed by atoms with Gasteiger partial charge in [0.15, 0.2) is 0 Å². The lowest BCUT2D eigenvalue weighted by atomic mass is 10.1. The molecule has 0 atom stereocenters. The van der Waals surface area contributed by atoms with Gasteiger partial charge in [-0.25, -0.2) is 4.39 Å². The number of nitrogens with zero attached hydrogens (tertiary/aromatic N) is 2. The molecule has 138 valence electrons. The minimum atomic E-state index is -0.498. The van der Waals surface area contributed by atoms with E-state index in [1.807, 2.05) is 30.3 Å². The van der Waals surface area contributed by atoms with Crippen LogP contribution in [0.3, 0.4) is 0 Å². The average molecular weight is 384 g/mol. The molecule has 8 heteroatoms. The van der Waals surface area contributed by atoms with Crippen LogP contribution < -0.4 is 10.6 Å². The van der Waals surface area contributed by atoms with Crippen LogP contribution >= 0.6 is 11.3 Å². The van der Waals surface area contributed by atoms with Gasteiger partial charge in [0.05, 0.1) is 0 Å². The summed E-state index contributed by atoms with van der Waals surface area (Å²) in [6.45, 7) is 0.504. The minimum Gasteiger partial charge on any atom is -0.350 e. The smallest absolute Gasteiger partial charge is 0.286 e. The number of halogens is 1. The molecule has 0 saturated heterocycles. The van der Waals surface area contributed by atoms with Gasteiger partial charge in [0.25, 0.3) is 11.8 Å². The first-order valence-electron chi connectivity index (χ1n) is 8.34. The van der Waals surface area contributed by atoms with Crippen molar-refractivity contribution >= 4 is 28.8 Å². The van der Waals surface area contributed by atoms with Gasteiger partial charge in [0, 0.05) is 12.2 Å². The molecular formula is C19H17FN4O2S. The molecule has 1 aromatic heterocycles. The summed E-state index contributed by atoms with van der Waals surface area (Å²) in [5.74, 6) is -1.25. The third-order valence-corrected chi connectivity index (χ3v) is 4.61. The van der Waals surface area contributed by atoms with Crippen LogP contribution in [0.1, 0.15) is 31.6 Å². The van der Waals surface area contributed by atoms with Gasteiger partial charge in [0.1, 0.15) is 5.82 Å². The molecule has 0 bridgehead atoms.